The lowest BCUT2D eigenvalue weighted by molar-refractivity contribution is -0.133. The number of rotatable bonds is 5. The lowest BCUT2D eigenvalue weighted by Crippen LogP contribution is -2.25. The number of fused-ring (bicyclic) bond motifs is 1. The molecule has 6 heteroatoms. The average Bonchev–Trinajstić information content (AvgIpc) is 3.01. The molecule has 0 bridgehead atoms. The molecule has 0 atom stereocenters. The van der Waals surface area contributed by atoms with Crippen LogP contribution in [0.15, 0.2) is 48.1 Å². The van der Waals surface area contributed by atoms with E-state index in [0.29, 0.717) is 6.61 Å². The highest BCUT2D eigenvalue weighted by atomic mass is 32.1. The zero-order valence-electron chi connectivity index (χ0n) is 10.7. The van der Waals surface area contributed by atoms with Crippen LogP contribution >= 0.6 is 11.3 Å². The molecule has 0 radical (unpaired) electrons. The van der Waals surface area contributed by atoms with E-state index in [1.165, 1.54) is 11.3 Å². The van der Waals surface area contributed by atoms with Crippen LogP contribution in [0.25, 0.3) is 4.96 Å². The molecule has 0 aliphatic rings. The molecule has 3 aromatic rings. The van der Waals surface area contributed by atoms with Gasteiger partial charge < -0.3 is 0 Å². The Morgan fingerprint density at radius 2 is 2.20 bits per heavy atom. The van der Waals surface area contributed by atoms with Crippen LogP contribution in [0.4, 0.5) is 0 Å². The average molecular weight is 287 g/mol. The summed E-state index contributed by atoms with van der Waals surface area (Å²) in [5, 5.41) is 1.95. The maximum absolute atomic E-state index is 11.7. The zero-order valence-corrected chi connectivity index (χ0v) is 11.5. The first-order valence-electron chi connectivity index (χ1n) is 6.17. The van der Waals surface area contributed by atoms with Crippen LogP contribution in [-0.4, -0.2) is 15.3 Å². The van der Waals surface area contributed by atoms with Crippen LogP contribution in [0.1, 0.15) is 11.3 Å². The molecule has 0 fully saturated rings. The number of imidazole rings is 1. The molecule has 0 spiro atoms. The second-order valence-electron chi connectivity index (χ2n) is 4.30. The van der Waals surface area contributed by atoms with Crippen LogP contribution in [0.3, 0.4) is 0 Å². The van der Waals surface area contributed by atoms with E-state index in [1.54, 1.807) is 0 Å². The monoisotopic (exact) mass is 287 g/mol. The number of thiazole rings is 1. The van der Waals surface area contributed by atoms with Gasteiger partial charge >= 0.3 is 0 Å². The molecular formula is C14H13N3O2S. The molecule has 5 nitrogen and oxygen atoms in total. The van der Waals surface area contributed by atoms with Gasteiger partial charge in [0.15, 0.2) is 4.96 Å². The Bertz CT molecular complexity index is 677. The van der Waals surface area contributed by atoms with Crippen molar-refractivity contribution in [3.05, 3.63) is 59.4 Å². The third-order valence-electron chi connectivity index (χ3n) is 2.75. The molecule has 2 aromatic heterocycles. The van der Waals surface area contributed by atoms with Crippen molar-refractivity contribution in [3.8, 4) is 0 Å². The molecule has 0 aliphatic heterocycles. The predicted octanol–water partition coefficient (Wildman–Crippen LogP) is 2.19. The summed E-state index contributed by atoms with van der Waals surface area (Å²) < 4.78 is 1.90. The Morgan fingerprint density at radius 3 is 3.00 bits per heavy atom. The predicted molar refractivity (Wildman–Crippen MR) is 76.1 cm³/mol. The molecule has 1 aromatic carbocycles. The van der Waals surface area contributed by atoms with Crippen molar-refractivity contribution in [2.45, 2.75) is 13.0 Å². The van der Waals surface area contributed by atoms with Gasteiger partial charge in [-0.1, -0.05) is 30.3 Å². The summed E-state index contributed by atoms with van der Waals surface area (Å²) in [4.78, 5) is 22.1. The van der Waals surface area contributed by atoms with Gasteiger partial charge in [0.05, 0.1) is 18.7 Å². The molecule has 3 rings (SSSR count). The molecule has 0 aliphatic carbocycles. The fraction of sp³-hybridized carbons (Fsp3) is 0.143. The molecule has 20 heavy (non-hydrogen) atoms. The minimum atomic E-state index is -0.202. The first-order valence-corrected chi connectivity index (χ1v) is 7.05. The number of hydroxylamine groups is 1. The summed E-state index contributed by atoms with van der Waals surface area (Å²) in [6.45, 7) is 0.352. The molecule has 1 amide bonds. The first kappa shape index (κ1) is 12.8. The topological polar surface area (TPSA) is 55.6 Å². The minimum Gasteiger partial charge on any atom is -0.297 e. The number of amides is 1. The molecule has 0 saturated carbocycles. The van der Waals surface area contributed by atoms with Crippen molar-refractivity contribution in [1.82, 2.24) is 14.9 Å². The number of hydrogen-bond donors (Lipinski definition) is 1. The smallest absolute Gasteiger partial charge is 0.249 e. The molecule has 0 saturated heterocycles. The highest BCUT2D eigenvalue weighted by molar-refractivity contribution is 7.15. The van der Waals surface area contributed by atoms with Crippen molar-refractivity contribution in [3.63, 3.8) is 0 Å². The number of benzene rings is 1. The maximum atomic E-state index is 11.7. The van der Waals surface area contributed by atoms with Crippen molar-refractivity contribution in [1.29, 1.82) is 0 Å². The van der Waals surface area contributed by atoms with Gasteiger partial charge in [-0.2, -0.15) is 0 Å². The van der Waals surface area contributed by atoms with Crippen molar-refractivity contribution in [2.24, 2.45) is 0 Å². The van der Waals surface area contributed by atoms with Crippen LogP contribution < -0.4 is 5.48 Å². The quantitative estimate of drug-likeness (QED) is 0.732. The standard InChI is InChI=1S/C14H13N3O2S/c18-13(16-19-10-11-4-2-1-3-5-11)8-12-9-17-6-7-20-14(17)15-12/h1-7,9H,8,10H2,(H,16,18). The Balaban J connectivity index is 1.49. The lowest BCUT2D eigenvalue weighted by Gasteiger charge is -2.04. The number of nitrogens with one attached hydrogen (secondary N) is 1. The number of hydrogen-bond acceptors (Lipinski definition) is 4. The second-order valence-corrected chi connectivity index (χ2v) is 5.17. The van der Waals surface area contributed by atoms with Crippen LogP contribution in [0.2, 0.25) is 0 Å². The summed E-state index contributed by atoms with van der Waals surface area (Å²) in [6, 6.07) is 9.68. The van der Waals surface area contributed by atoms with E-state index < -0.39 is 0 Å². The Hall–Kier alpha value is -2.18. The fourth-order valence-electron chi connectivity index (χ4n) is 1.84. The number of carbonyl (C=O) groups is 1. The SMILES string of the molecule is O=C(Cc1cn2ccsc2n1)NOCc1ccccc1. The van der Waals surface area contributed by atoms with Gasteiger partial charge in [-0.05, 0) is 5.56 Å². The summed E-state index contributed by atoms with van der Waals surface area (Å²) in [5.74, 6) is -0.202. The summed E-state index contributed by atoms with van der Waals surface area (Å²) in [7, 11) is 0. The number of nitrogens with zero attached hydrogens (tertiary/aromatic N) is 2. The van der Waals surface area contributed by atoms with E-state index in [2.05, 4.69) is 10.5 Å². The van der Waals surface area contributed by atoms with Crippen LogP contribution in [0, 0.1) is 0 Å². The van der Waals surface area contributed by atoms with Gasteiger partial charge in [0.2, 0.25) is 5.91 Å². The highest BCUT2D eigenvalue weighted by Gasteiger charge is 2.08. The van der Waals surface area contributed by atoms with Crippen LogP contribution in [-0.2, 0) is 22.7 Å². The molecule has 2 heterocycles. The minimum absolute atomic E-state index is 0.202. The third-order valence-corrected chi connectivity index (χ3v) is 3.52. The van der Waals surface area contributed by atoms with E-state index in [9.17, 15) is 4.79 Å². The summed E-state index contributed by atoms with van der Waals surface area (Å²) >= 11 is 1.54. The van der Waals surface area contributed by atoms with Gasteiger partial charge in [0.1, 0.15) is 0 Å². The Kier molecular flexibility index (Phi) is 3.76. The van der Waals surface area contributed by atoms with Crippen LogP contribution in [0.5, 0.6) is 0 Å². The van der Waals surface area contributed by atoms with Crippen molar-refractivity contribution in [2.75, 3.05) is 0 Å². The summed E-state index contributed by atoms with van der Waals surface area (Å²) in [6.07, 6.45) is 3.98. The molecule has 1 N–H and O–H groups in total. The van der Waals surface area contributed by atoms with E-state index in [4.69, 9.17) is 4.84 Å². The van der Waals surface area contributed by atoms with Gasteiger partial charge in [-0.3, -0.25) is 14.0 Å². The van der Waals surface area contributed by atoms with E-state index >= 15 is 0 Å². The maximum Gasteiger partial charge on any atom is 0.249 e. The highest BCUT2D eigenvalue weighted by Crippen LogP contribution is 2.11. The third kappa shape index (κ3) is 3.04. The van der Waals surface area contributed by atoms with Gasteiger partial charge in [-0.25, -0.2) is 10.5 Å². The van der Waals surface area contributed by atoms with E-state index in [0.717, 1.165) is 16.2 Å². The van der Waals surface area contributed by atoms with E-state index in [-0.39, 0.29) is 12.3 Å². The summed E-state index contributed by atoms with van der Waals surface area (Å²) in [5.41, 5.74) is 4.17. The molecule has 102 valence electrons. The van der Waals surface area contributed by atoms with Crippen molar-refractivity contribution >= 4 is 22.2 Å². The molecular weight excluding hydrogens is 274 g/mol. The van der Waals surface area contributed by atoms with Gasteiger partial charge in [0.25, 0.3) is 0 Å². The Labute approximate surface area is 119 Å². The van der Waals surface area contributed by atoms with E-state index in [1.807, 2.05) is 52.5 Å². The fourth-order valence-corrected chi connectivity index (χ4v) is 2.55. The zero-order chi connectivity index (χ0) is 13.8. The number of carbonyl (C=O) groups excluding carboxylic acids is 1. The van der Waals surface area contributed by atoms with Gasteiger partial charge in [-0.15, -0.1) is 11.3 Å². The van der Waals surface area contributed by atoms with Crippen molar-refractivity contribution < 1.29 is 9.63 Å². The first-order chi connectivity index (χ1) is 9.81. The number of aromatic nitrogens is 2. The Morgan fingerprint density at radius 1 is 1.35 bits per heavy atom. The largest absolute Gasteiger partial charge is 0.297 e. The van der Waals surface area contributed by atoms with Gasteiger partial charge in [0, 0.05) is 17.8 Å². The lowest BCUT2D eigenvalue weighted by atomic mass is 10.2. The normalized spacial score (nSPS) is 10.8. The molecule has 0 unspecified atom stereocenters. The second kappa shape index (κ2) is 5.85.